The largest absolute Gasteiger partial charge is 0.380 e. The molecule has 2 heteroatoms. The summed E-state index contributed by atoms with van der Waals surface area (Å²) in [5.74, 6) is 0.609. The molecular formula is C18H31NO. The van der Waals surface area contributed by atoms with E-state index in [0.29, 0.717) is 12.0 Å². The van der Waals surface area contributed by atoms with Crippen LogP contribution in [-0.4, -0.2) is 19.8 Å². The Labute approximate surface area is 124 Å². The predicted molar refractivity (Wildman–Crippen MR) is 87.2 cm³/mol. The second-order valence-corrected chi connectivity index (χ2v) is 7.02. The highest BCUT2D eigenvalue weighted by Crippen LogP contribution is 2.23. The van der Waals surface area contributed by atoms with Crippen molar-refractivity contribution >= 4 is 0 Å². The molecule has 1 aromatic rings. The summed E-state index contributed by atoms with van der Waals surface area (Å²) in [6, 6.07) is 9.30. The van der Waals surface area contributed by atoms with Gasteiger partial charge in [-0.2, -0.15) is 0 Å². The Morgan fingerprint density at radius 2 is 1.65 bits per heavy atom. The van der Waals surface area contributed by atoms with Crippen molar-refractivity contribution in [1.82, 2.24) is 5.32 Å². The highest BCUT2D eigenvalue weighted by molar-refractivity contribution is 5.28. The molecule has 0 aromatic heterocycles. The van der Waals surface area contributed by atoms with Crippen LogP contribution in [0.25, 0.3) is 0 Å². The van der Waals surface area contributed by atoms with Gasteiger partial charge in [-0.15, -0.1) is 0 Å². The van der Waals surface area contributed by atoms with Crippen molar-refractivity contribution in [3.05, 3.63) is 35.4 Å². The zero-order valence-corrected chi connectivity index (χ0v) is 14.0. The maximum Gasteiger partial charge on any atom is 0.0591 e. The van der Waals surface area contributed by atoms with Crippen molar-refractivity contribution in [3.8, 4) is 0 Å². The second kappa shape index (κ2) is 7.80. The first-order valence-electron chi connectivity index (χ1n) is 7.72. The highest BCUT2D eigenvalue weighted by atomic mass is 16.5. The molecule has 1 N–H and O–H groups in total. The summed E-state index contributed by atoms with van der Waals surface area (Å²) in [6.45, 7) is 15.8. The number of nitrogens with one attached hydrogen (secondary N) is 1. The van der Waals surface area contributed by atoms with Gasteiger partial charge in [0, 0.05) is 19.2 Å². The molecule has 20 heavy (non-hydrogen) atoms. The van der Waals surface area contributed by atoms with Crippen molar-refractivity contribution < 1.29 is 4.74 Å². The normalized spacial score (nSPS) is 13.8. The monoisotopic (exact) mass is 277 g/mol. The summed E-state index contributed by atoms with van der Waals surface area (Å²) >= 11 is 0. The van der Waals surface area contributed by atoms with Gasteiger partial charge in [-0.05, 0) is 29.4 Å². The Bertz CT molecular complexity index is 375. The molecule has 0 fully saturated rings. The number of rotatable bonds is 7. The molecular weight excluding hydrogens is 246 g/mol. The predicted octanol–water partition coefficient (Wildman–Crippen LogP) is 4.31. The van der Waals surface area contributed by atoms with Gasteiger partial charge in [0.2, 0.25) is 0 Å². The molecule has 0 spiro atoms. The van der Waals surface area contributed by atoms with E-state index >= 15 is 0 Å². The van der Waals surface area contributed by atoms with E-state index in [1.807, 2.05) is 0 Å². The van der Waals surface area contributed by atoms with Crippen LogP contribution >= 0.6 is 0 Å². The van der Waals surface area contributed by atoms with Gasteiger partial charge < -0.3 is 10.1 Å². The Morgan fingerprint density at radius 3 is 2.15 bits per heavy atom. The van der Waals surface area contributed by atoms with Gasteiger partial charge in [-0.25, -0.2) is 0 Å². The summed E-state index contributed by atoms with van der Waals surface area (Å²) in [5.41, 5.74) is 2.94. The fourth-order valence-corrected chi connectivity index (χ4v) is 2.06. The molecule has 0 heterocycles. The van der Waals surface area contributed by atoms with E-state index in [2.05, 4.69) is 71.1 Å². The van der Waals surface area contributed by atoms with Crippen LogP contribution in [0, 0.1) is 5.92 Å². The molecule has 114 valence electrons. The molecule has 1 aromatic carbocycles. The van der Waals surface area contributed by atoms with Crippen LogP contribution in [-0.2, 0) is 10.2 Å². The van der Waals surface area contributed by atoms with Gasteiger partial charge >= 0.3 is 0 Å². The summed E-state index contributed by atoms with van der Waals surface area (Å²) < 4.78 is 5.58. The first-order chi connectivity index (χ1) is 9.30. The Balaban J connectivity index is 2.38. The topological polar surface area (TPSA) is 21.3 Å². The fraction of sp³-hybridized carbons (Fsp3) is 0.667. The minimum absolute atomic E-state index is 0.222. The Kier molecular flexibility index (Phi) is 6.70. The third kappa shape index (κ3) is 6.06. The molecule has 1 rings (SSSR count). The van der Waals surface area contributed by atoms with E-state index < -0.39 is 0 Å². The molecule has 0 saturated carbocycles. The van der Waals surface area contributed by atoms with Gasteiger partial charge in [0.15, 0.2) is 0 Å². The van der Waals surface area contributed by atoms with Crippen molar-refractivity contribution in [2.45, 2.75) is 53.0 Å². The summed E-state index contributed by atoms with van der Waals surface area (Å²) in [4.78, 5) is 0. The van der Waals surface area contributed by atoms with Gasteiger partial charge in [-0.3, -0.25) is 0 Å². The molecule has 0 bridgehead atoms. The average Bonchev–Trinajstić information content (AvgIpc) is 2.37. The van der Waals surface area contributed by atoms with Gasteiger partial charge in [0.1, 0.15) is 0 Å². The maximum absolute atomic E-state index is 5.58. The summed E-state index contributed by atoms with van der Waals surface area (Å²) in [5, 5.41) is 3.51. The van der Waals surface area contributed by atoms with Crippen molar-refractivity contribution in [2.24, 2.45) is 5.92 Å². The fourth-order valence-electron chi connectivity index (χ4n) is 2.06. The molecule has 1 atom stereocenters. The van der Waals surface area contributed by atoms with Crippen LogP contribution in [0.4, 0.5) is 0 Å². The smallest absolute Gasteiger partial charge is 0.0591 e. The summed E-state index contributed by atoms with van der Waals surface area (Å²) in [7, 11) is 0. The minimum Gasteiger partial charge on any atom is -0.380 e. The van der Waals surface area contributed by atoms with Crippen LogP contribution < -0.4 is 5.32 Å². The molecule has 0 radical (unpaired) electrons. The van der Waals surface area contributed by atoms with E-state index in [9.17, 15) is 0 Å². The minimum atomic E-state index is 0.222. The van der Waals surface area contributed by atoms with Gasteiger partial charge in [0.25, 0.3) is 0 Å². The number of hydrogen-bond acceptors (Lipinski definition) is 2. The molecule has 0 saturated heterocycles. The first-order valence-corrected chi connectivity index (χ1v) is 7.72. The van der Waals surface area contributed by atoms with Crippen LogP contribution in [0.3, 0.4) is 0 Å². The van der Waals surface area contributed by atoms with Gasteiger partial charge in [-0.1, -0.05) is 58.9 Å². The zero-order chi connectivity index (χ0) is 15.2. The SMILES string of the molecule is CC(C)COCCNC(C)c1ccc(C(C)(C)C)cc1. The lowest BCUT2D eigenvalue weighted by Crippen LogP contribution is -2.24. The Morgan fingerprint density at radius 1 is 1.05 bits per heavy atom. The van der Waals surface area contributed by atoms with Crippen LogP contribution in [0.15, 0.2) is 24.3 Å². The Hall–Kier alpha value is -0.860. The molecule has 0 amide bonds. The average molecular weight is 277 g/mol. The summed E-state index contributed by atoms with van der Waals surface area (Å²) in [6.07, 6.45) is 0. The van der Waals surface area contributed by atoms with E-state index in [1.165, 1.54) is 11.1 Å². The van der Waals surface area contributed by atoms with Crippen LogP contribution in [0.2, 0.25) is 0 Å². The number of ether oxygens (including phenoxy) is 1. The number of benzene rings is 1. The molecule has 2 nitrogen and oxygen atoms in total. The van der Waals surface area contributed by atoms with E-state index in [1.54, 1.807) is 0 Å². The van der Waals surface area contributed by atoms with Crippen LogP contribution in [0.1, 0.15) is 58.7 Å². The van der Waals surface area contributed by atoms with Crippen LogP contribution in [0.5, 0.6) is 0 Å². The van der Waals surface area contributed by atoms with Gasteiger partial charge in [0.05, 0.1) is 6.61 Å². The van der Waals surface area contributed by atoms with Crippen molar-refractivity contribution in [2.75, 3.05) is 19.8 Å². The second-order valence-electron chi connectivity index (χ2n) is 7.02. The highest BCUT2D eigenvalue weighted by Gasteiger charge is 2.13. The lowest BCUT2D eigenvalue weighted by atomic mass is 9.86. The lowest BCUT2D eigenvalue weighted by Gasteiger charge is -2.20. The van der Waals surface area contributed by atoms with E-state index in [-0.39, 0.29) is 5.41 Å². The lowest BCUT2D eigenvalue weighted by molar-refractivity contribution is 0.110. The molecule has 0 aliphatic rings. The molecule has 0 aliphatic heterocycles. The van der Waals surface area contributed by atoms with Crippen molar-refractivity contribution in [1.29, 1.82) is 0 Å². The first kappa shape index (κ1) is 17.2. The van der Waals surface area contributed by atoms with E-state index in [0.717, 1.165) is 19.8 Å². The zero-order valence-electron chi connectivity index (χ0n) is 14.0. The quantitative estimate of drug-likeness (QED) is 0.750. The number of hydrogen-bond donors (Lipinski definition) is 1. The molecule has 1 unspecified atom stereocenters. The maximum atomic E-state index is 5.58. The standard InChI is InChI=1S/C18H31NO/c1-14(2)13-20-12-11-19-15(3)16-7-9-17(10-8-16)18(4,5)6/h7-10,14-15,19H,11-13H2,1-6H3. The van der Waals surface area contributed by atoms with Crippen molar-refractivity contribution in [3.63, 3.8) is 0 Å². The van der Waals surface area contributed by atoms with E-state index in [4.69, 9.17) is 4.74 Å². The third-order valence-electron chi connectivity index (χ3n) is 3.42. The molecule has 0 aliphatic carbocycles. The third-order valence-corrected chi connectivity index (χ3v) is 3.42.